The Kier molecular flexibility index (Phi) is 5.75. The quantitative estimate of drug-likeness (QED) is 0.659. The summed E-state index contributed by atoms with van der Waals surface area (Å²) in [6, 6.07) is 4.67. The lowest BCUT2D eigenvalue weighted by molar-refractivity contribution is -0.142. The molecule has 1 aromatic rings. The number of likely N-dealkylation sites (tertiary alicyclic amines) is 1. The van der Waals surface area contributed by atoms with Gasteiger partial charge in [-0.25, -0.2) is 8.42 Å². The van der Waals surface area contributed by atoms with Crippen molar-refractivity contribution >= 4 is 21.8 Å². The summed E-state index contributed by atoms with van der Waals surface area (Å²) in [6.07, 6.45) is 3.55. The van der Waals surface area contributed by atoms with Crippen LogP contribution in [0.1, 0.15) is 25.7 Å². The van der Waals surface area contributed by atoms with Crippen LogP contribution in [0.5, 0.6) is 11.5 Å². The third kappa shape index (κ3) is 4.17. The molecule has 32 heavy (non-hydrogen) atoms. The van der Waals surface area contributed by atoms with Crippen LogP contribution >= 0.6 is 0 Å². The van der Waals surface area contributed by atoms with E-state index in [1.807, 2.05) is 4.90 Å². The zero-order valence-corrected chi connectivity index (χ0v) is 18.9. The average molecular weight is 464 g/mol. The highest BCUT2D eigenvalue weighted by Gasteiger charge is 2.39. The molecule has 1 aliphatic carbocycles. The Morgan fingerprint density at radius 1 is 0.812 bits per heavy atom. The van der Waals surface area contributed by atoms with Crippen molar-refractivity contribution in [2.75, 3.05) is 52.5 Å². The summed E-state index contributed by atoms with van der Waals surface area (Å²) >= 11 is 0. The molecule has 1 aromatic carbocycles. The summed E-state index contributed by atoms with van der Waals surface area (Å²) in [5, 5.41) is 0. The number of rotatable bonds is 4. The van der Waals surface area contributed by atoms with Crippen molar-refractivity contribution in [2.24, 2.45) is 11.8 Å². The molecular formula is C22H29N3O6S. The second-order valence-corrected chi connectivity index (χ2v) is 10.9. The number of piperazine rings is 1. The van der Waals surface area contributed by atoms with Crippen LogP contribution in [0.15, 0.2) is 23.1 Å². The van der Waals surface area contributed by atoms with E-state index in [0.29, 0.717) is 44.3 Å². The van der Waals surface area contributed by atoms with Gasteiger partial charge in [-0.15, -0.1) is 0 Å². The van der Waals surface area contributed by atoms with Crippen LogP contribution in [0.4, 0.5) is 0 Å². The van der Waals surface area contributed by atoms with E-state index in [1.165, 1.54) is 16.4 Å². The number of sulfonamides is 1. The zero-order valence-electron chi connectivity index (χ0n) is 18.1. The Balaban J connectivity index is 1.20. The molecule has 174 valence electrons. The molecule has 2 saturated heterocycles. The lowest BCUT2D eigenvalue weighted by Crippen LogP contribution is -2.54. The minimum Gasteiger partial charge on any atom is -0.486 e. The minimum atomic E-state index is -3.69. The number of carbonyl (C=O) groups excluding carboxylic acids is 2. The number of ether oxygens (including phenoxy) is 2. The van der Waals surface area contributed by atoms with Gasteiger partial charge in [0.15, 0.2) is 11.5 Å². The number of piperidine rings is 1. The molecule has 0 N–H and O–H groups in total. The van der Waals surface area contributed by atoms with Crippen molar-refractivity contribution in [3.63, 3.8) is 0 Å². The molecular weight excluding hydrogens is 434 g/mol. The van der Waals surface area contributed by atoms with E-state index in [9.17, 15) is 18.0 Å². The van der Waals surface area contributed by atoms with Gasteiger partial charge < -0.3 is 19.3 Å². The minimum absolute atomic E-state index is 0.0367. The average Bonchev–Trinajstić information content (AvgIpc) is 3.68. The van der Waals surface area contributed by atoms with Crippen molar-refractivity contribution in [1.29, 1.82) is 0 Å². The second-order valence-electron chi connectivity index (χ2n) is 8.93. The highest BCUT2D eigenvalue weighted by atomic mass is 32.2. The molecule has 3 heterocycles. The third-order valence-electron chi connectivity index (χ3n) is 6.71. The molecule has 5 rings (SSSR count). The summed E-state index contributed by atoms with van der Waals surface area (Å²) in [4.78, 5) is 29.3. The summed E-state index contributed by atoms with van der Waals surface area (Å²) in [5.41, 5.74) is 0. The highest BCUT2D eigenvalue weighted by molar-refractivity contribution is 7.89. The highest BCUT2D eigenvalue weighted by Crippen LogP contribution is 2.34. The lowest BCUT2D eigenvalue weighted by Gasteiger charge is -2.38. The van der Waals surface area contributed by atoms with Crippen LogP contribution in [0.3, 0.4) is 0 Å². The molecule has 1 unspecified atom stereocenters. The van der Waals surface area contributed by atoms with Crippen LogP contribution in [-0.4, -0.2) is 86.8 Å². The standard InChI is InChI=1S/C22H29N3O6S/c26-21(16-3-4-16)24-7-1-2-17(15-24)22(27)23-8-10-25(11-9-23)32(28,29)18-5-6-19-20(14-18)31-13-12-30-19/h5-6,14,16-17H,1-4,7-13,15H2. The van der Waals surface area contributed by atoms with Gasteiger partial charge in [0.05, 0.1) is 10.8 Å². The predicted molar refractivity (Wildman–Crippen MR) is 115 cm³/mol. The molecule has 0 bridgehead atoms. The van der Waals surface area contributed by atoms with Gasteiger partial charge in [-0.3, -0.25) is 9.59 Å². The summed E-state index contributed by atoms with van der Waals surface area (Å²) < 4.78 is 38.7. The fraction of sp³-hybridized carbons (Fsp3) is 0.636. The van der Waals surface area contributed by atoms with E-state index in [4.69, 9.17) is 9.47 Å². The van der Waals surface area contributed by atoms with Gasteiger partial charge in [0.2, 0.25) is 21.8 Å². The Labute approximate surface area is 188 Å². The first-order valence-electron chi connectivity index (χ1n) is 11.4. The van der Waals surface area contributed by atoms with E-state index < -0.39 is 10.0 Å². The van der Waals surface area contributed by atoms with Crippen LogP contribution in [0, 0.1) is 11.8 Å². The first-order chi connectivity index (χ1) is 15.4. The SMILES string of the molecule is O=C(C1CCCN(C(=O)C2CC2)C1)N1CCN(S(=O)(=O)c2ccc3c(c2)OCCO3)CC1. The third-order valence-corrected chi connectivity index (χ3v) is 8.61. The van der Waals surface area contributed by atoms with Crippen molar-refractivity contribution in [3.8, 4) is 11.5 Å². The number of hydrogen-bond donors (Lipinski definition) is 0. The van der Waals surface area contributed by atoms with Crippen molar-refractivity contribution in [3.05, 3.63) is 18.2 Å². The fourth-order valence-corrected chi connectivity index (χ4v) is 6.15. The maximum absolute atomic E-state index is 13.1. The van der Waals surface area contributed by atoms with E-state index in [0.717, 1.165) is 32.2 Å². The molecule has 2 amide bonds. The zero-order chi connectivity index (χ0) is 22.3. The molecule has 3 fully saturated rings. The van der Waals surface area contributed by atoms with Crippen molar-refractivity contribution in [2.45, 2.75) is 30.6 Å². The molecule has 4 aliphatic rings. The van der Waals surface area contributed by atoms with Gasteiger partial charge in [0, 0.05) is 51.3 Å². The van der Waals surface area contributed by atoms with Gasteiger partial charge in [0.25, 0.3) is 0 Å². The van der Waals surface area contributed by atoms with Gasteiger partial charge in [-0.05, 0) is 37.8 Å². The van der Waals surface area contributed by atoms with E-state index in [1.54, 1.807) is 11.0 Å². The molecule has 1 saturated carbocycles. The summed E-state index contributed by atoms with van der Waals surface area (Å²) in [6.45, 7) is 3.28. The predicted octanol–water partition coefficient (Wildman–Crippen LogP) is 0.939. The van der Waals surface area contributed by atoms with Crippen LogP contribution in [0.2, 0.25) is 0 Å². The number of benzene rings is 1. The fourth-order valence-electron chi connectivity index (χ4n) is 4.71. The topological polar surface area (TPSA) is 96.5 Å². The number of fused-ring (bicyclic) bond motifs is 1. The van der Waals surface area contributed by atoms with Gasteiger partial charge in [0.1, 0.15) is 13.2 Å². The Bertz CT molecular complexity index is 1000. The van der Waals surface area contributed by atoms with E-state index in [2.05, 4.69) is 0 Å². The Hall–Kier alpha value is -2.33. The Morgan fingerprint density at radius 3 is 2.22 bits per heavy atom. The van der Waals surface area contributed by atoms with Crippen LogP contribution < -0.4 is 9.47 Å². The van der Waals surface area contributed by atoms with Gasteiger partial charge >= 0.3 is 0 Å². The lowest BCUT2D eigenvalue weighted by atomic mass is 9.96. The van der Waals surface area contributed by atoms with Crippen LogP contribution in [-0.2, 0) is 19.6 Å². The number of hydrogen-bond acceptors (Lipinski definition) is 6. The first kappa shape index (κ1) is 21.5. The maximum atomic E-state index is 13.1. The van der Waals surface area contributed by atoms with Crippen LogP contribution in [0.25, 0.3) is 0 Å². The molecule has 0 radical (unpaired) electrons. The molecule has 10 heteroatoms. The van der Waals surface area contributed by atoms with Crippen molar-refractivity contribution in [1.82, 2.24) is 14.1 Å². The largest absolute Gasteiger partial charge is 0.486 e. The summed E-state index contributed by atoms with van der Waals surface area (Å²) in [7, 11) is -3.69. The molecule has 0 spiro atoms. The molecule has 9 nitrogen and oxygen atoms in total. The normalized spacial score (nSPS) is 24.3. The second kappa shape index (κ2) is 8.55. The van der Waals surface area contributed by atoms with Crippen molar-refractivity contribution < 1.29 is 27.5 Å². The molecule has 3 aliphatic heterocycles. The van der Waals surface area contributed by atoms with E-state index in [-0.39, 0.29) is 41.6 Å². The first-order valence-corrected chi connectivity index (χ1v) is 12.8. The number of carbonyl (C=O) groups is 2. The maximum Gasteiger partial charge on any atom is 0.243 e. The van der Waals surface area contributed by atoms with E-state index >= 15 is 0 Å². The monoisotopic (exact) mass is 463 g/mol. The smallest absolute Gasteiger partial charge is 0.243 e. The molecule has 0 aromatic heterocycles. The Morgan fingerprint density at radius 2 is 1.50 bits per heavy atom. The summed E-state index contributed by atoms with van der Waals surface area (Å²) in [5.74, 6) is 1.19. The van der Waals surface area contributed by atoms with Gasteiger partial charge in [-0.2, -0.15) is 4.31 Å². The molecule has 1 atom stereocenters. The van der Waals surface area contributed by atoms with Gasteiger partial charge in [-0.1, -0.05) is 0 Å². The number of amides is 2. The number of nitrogens with zero attached hydrogens (tertiary/aromatic N) is 3.